The number of aryl methyl sites for hydroxylation is 1. The van der Waals surface area contributed by atoms with E-state index in [1.165, 1.54) is 12.8 Å². The summed E-state index contributed by atoms with van der Waals surface area (Å²) in [6, 6.07) is 7.84. The first-order valence-electron chi connectivity index (χ1n) is 10.1. The van der Waals surface area contributed by atoms with Crippen LogP contribution < -0.4 is 10.6 Å². The van der Waals surface area contributed by atoms with Gasteiger partial charge in [0.2, 0.25) is 5.91 Å². The quantitative estimate of drug-likeness (QED) is 0.754. The molecule has 0 aromatic heterocycles. The fraction of sp³-hybridized carbons (Fsp3) is 0.571. The van der Waals surface area contributed by atoms with Crippen LogP contribution >= 0.6 is 0 Å². The van der Waals surface area contributed by atoms with Crippen molar-refractivity contribution in [3.05, 3.63) is 35.4 Å². The van der Waals surface area contributed by atoms with Crippen molar-refractivity contribution < 1.29 is 14.4 Å². The van der Waals surface area contributed by atoms with Crippen molar-refractivity contribution in [1.82, 2.24) is 20.4 Å². The number of carbonyl (C=O) groups is 3. The number of benzene rings is 1. The number of hydrogen-bond donors (Lipinski definition) is 2. The van der Waals surface area contributed by atoms with E-state index in [2.05, 4.69) is 15.5 Å². The molecule has 1 saturated carbocycles. The number of piperidine rings is 1. The van der Waals surface area contributed by atoms with E-state index < -0.39 is 11.6 Å². The van der Waals surface area contributed by atoms with Gasteiger partial charge >= 0.3 is 6.03 Å². The van der Waals surface area contributed by atoms with Crippen LogP contribution in [-0.4, -0.2) is 59.4 Å². The highest BCUT2D eigenvalue weighted by molar-refractivity contribution is 6.09. The minimum absolute atomic E-state index is 0.117. The molecule has 2 aliphatic heterocycles. The van der Waals surface area contributed by atoms with E-state index in [9.17, 15) is 14.4 Å². The van der Waals surface area contributed by atoms with Gasteiger partial charge in [-0.15, -0.1) is 0 Å². The Morgan fingerprint density at radius 2 is 1.79 bits per heavy atom. The number of urea groups is 1. The minimum Gasteiger partial charge on any atom is -0.352 e. The van der Waals surface area contributed by atoms with E-state index in [0.29, 0.717) is 5.56 Å². The molecule has 4 amide bonds. The standard InChI is InChI=1S/C21H28N4O3/c1-14-3-5-15(6-4-14)21(2)19(27)25(20(28)23-21)13-18(26)22-16-9-11-24(12-10-16)17-7-8-17/h3-6,16-17H,7-13H2,1-2H3,(H,22,26)(H,23,28). The second kappa shape index (κ2) is 7.20. The van der Waals surface area contributed by atoms with Crippen LogP contribution in [0.5, 0.6) is 0 Å². The maximum atomic E-state index is 12.9. The van der Waals surface area contributed by atoms with Crippen LogP contribution in [0, 0.1) is 6.92 Å². The summed E-state index contributed by atoms with van der Waals surface area (Å²) in [6.45, 7) is 5.42. The minimum atomic E-state index is -1.14. The molecule has 4 rings (SSSR count). The first kappa shape index (κ1) is 18.9. The topological polar surface area (TPSA) is 81.8 Å². The zero-order valence-electron chi connectivity index (χ0n) is 16.5. The van der Waals surface area contributed by atoms with Crippen molar-refractivity contribution in [1.29, 1.82) is 0 Å². The lowest BCUT2D eigenvalue weighted by molar-refractivity contribution is -0.135. The number of amides is 4. The molecule has 0 bridgehead atoms. The van der Waals surface area contributed by atoms with E-state index in [0.717, 1.165) is 42.4 Å². The summed E-state index contributed by atoms with van der Waals surface area (Å²) in [5.41, 5.74) is 0.653. The van der Waals surface area contributed by atoms with Gasteiger partial charge in [0.15, 0.2) is 0 Å². The van der Waals surface area contributed by atoms with Crippen LogP contribution in [0.4, 0.5) is 4.79 Å². The van der Waals surface area contributed by atoms with Crippen molar-refractivity contribution in [2.75, 3.05) is 19.6 Å². The van der Waals surface area contributed by atoms with E-state index in [-0.39, 0.29) is 24.4 Å². The first-order chi connectivity index (χ1) is 13.4. The molecule has 3 fully saturated rings. The van der Waals surface area contributed by atoms with E-state index in [4.69, 9.17) is 0 Å². The Hall–Kier alpha value is -2.41. The summed E-state index contributed by atoms with van der Waals surface area (Å²) in [4.78, 5) is 41.3. The SMILES string of the molecule is Cc1ccc(C2(C)NC(=O)N(CC(=O)NC3CCN(C4CC4)CC3)C2=O)cc1. The second-order valence-corrected chi connectivity index (χ2v) is 8.42. The number of carbonyl (C=O) groups excluding carboxylic acids is 3. The highest BCUT2D eigenvalue weighted by Gasteiger charge is 2.49. The van der Waals surface area contributed by atoms with Gasteiger partial charge in [0.05, 0.1) is 0 Å². The Balaban J connectivity index is 1.35. The molecule has 3 aliphatic rings. The normalized spacial score (nSPS) is 26.4. The highest BCUT2D eigenvalue weighted by atomic mass is 16.2. The summed E-state index contributed by atoms with van der Waals surface area (Å²) < 4.78 is 0. The smallest absolute Gasteiger partial charge is 0.325 e. The number of likely N-dealkylation sites (tertiary alicyclic amines) is 1. The van der Waals surface area contributed by atoms with Gasteiger partial charge < -0.3 is 15.5 Å². The maximum Gasteiger partial charge on any atom is 0.325 e. The zero-order chi connectivity index (χ0) is 19.9. The Morgan fingerprint density at radius 3 is 2.39 bits per heavy atom. The molecule has 2 heterocycles. The molecule has 7 nitrogen and oxygen atoms in total. The van der Waals surface area contributed by atoms with Crippen molar-refractivity contribution >= 4 is 17.8 Å². The monoisotopic (exact) mass is 384 g/mol. The molecule has 1 aromatic rings. The van der Waals surface area contributed by atoms with Crippen LogP contribution in [0.15, 0.2) is 24.3 Å². The van der Waals surface area contributed by atoms with Crippen LogP contribution in [0.3, 0.4) is 0 Å². The summed E-state index contributed by atoms with van der Waals surface area (Å²) in [6.07, 6.45) is 4.43. The second-order valence-electron chi connectivity index (χ2n) is 8.42. The molecule has 150 valence electrons. The number of hydrogen-bond acceptors (Lipinski definition) is 4. The number of nitrogens with one attached hydrogen (secondary N) is 2. The molecule has 2 N–H and O–H groups in total. The number of rotatable bonds is 5. The van der Waals surface area contributed by atoms with Gasteiger partial charge in [-0.1, -0.05) is 29.8 Å². The molecular weight excluding hydrogens is 356 g/mol. The Morgan fingerprint density at radius 1 is 1.14 bits per heavy atom. The third kappa shape index (κ3) is 3.63. The molecule has 7 heteroatoms. The lowest BCUT2D eigenvalue weighted by Gasteiger charge is -2.32. The van der Waals surface area contributed by atoms with E-state index >= 15 is 0 Å². The molecule has 1 unspecified atom stereocenters. The summed E-state index contributed by atoms with van der Waals surface area (Å²) in [5.74, 6) is -0.665. The molecule has 1 aliphatic carbocycles. The highest BCUT2D eigenvalue weighted by Crippen LogP contribution is 2.30. The summed E-state index contributed by atoms with van der Waals surface area (Å²) in [5, 5.41) is 5.75. The van der Waals surface area contributed by atoms with Crippen LogP contribution in [0.1, 0.15) is 43.7 Å². The van der Waals surface area contributed by atoms with Crippen molar-refractivity contribution in [3.63, 3.8) is 0 Å². The van der Waals surface area contributed by atoms with Gasteiger partial charge in [-0.25, -0.2) is 4.79 Å². The Kier molecular flexibility index (Phi) is 4.87. The van der Waals surface area contributed by atoms with Crippen LogP contribution in [0.25, 0.3) is 0 Å². The van der Waals surface area contributed by atoms with Gasteiger partial charge in [0.25, 0.3) is 5.91 Å². The van der Waals surface area contributed by atoms with Gasteiger partial charge in [-0.3, -0.25) is 14.5 Å². The predicted octanol–water partition coefficient (Wildman–Crippen LogP) is 1.51. The van der Waals surface area contributed by atoms with E-state index in [1.807, 2.05) is 31.2 Å². The lowest BCUT2D eigenvalue weighted by Crippen LogP contribution is -2.49. The van der Waals surface area contributed by atoms with Crippen molar-refractivity contribution in [2.24, 2.45) is 0 Å². The largest absolute Gasteiger partial charge is 0.352 e. The lowest BCUT2D eigenvalue weighted by atomic mass is 9.91. The molecule has 28 heavy (non-hydrogen) atoms. The fourth-order valence-corrected chi connectivity index (χ4v) is 4.19. The van der Waals surface area contributed by atoms with Gasteiger partial charge in [0.1, 0.15) is 12.1 Å². The van der Waals surface area contributed by atoms with Gasteiger partial charge in [-0.2, -0.15) is 0 Å². The molecule has 1 aromatic carbocycles. The first-order valence-corrected chi connectivity index (χ1v) is 10.1. The summed E-state index contributed by atoms with van der Waals surface area (Å²) in [7, 11) is 0. The van der Waals surface area contributed by atoms with E-state index in [1.54, 1.807) is 6.92 Å². The average molecular weight is 384 g/mol. The van der Waals surface area contributed by atoms with Gasteiger partial charge in [-0.05, 0) is 45.1 Å². The van der Waals surface area contributed by atoms with Crippen molar-refractivity contribution in [3.8, 4) is 0 Å². The number of imide groups is 1. The Labute approximate surface area is 165 Å². The average Bonchev–Trinajstić information content (AvgIpc) is 3.48. The molecular formula is C21H28N4O3. The van der Waals surface area contributed by atoms with Gasteiger partial charge in [0, 0.05) is 25.2 Å². The predicted molar refractivity (Wildman–Crippen MR) is 105 cm³/mol. The molecule has 0 spiro atoms. The van der Waals surface area contributed by atoms with Crippen LogP contribution in [-0.2, 0) is 15.1 Å². The fourth-order valence-electron chi connectivity index (χ4n) is 4.19. The third-order valence-electron chi connectivity index (χ3n) is 6.16. The molecule has 0 radical (unpaired) electrons. The molecule has 2 saturated heterocycles. The Bertz CT molecular complexity index is 781. The van der Waals surface area contributed by atoms with Crippen LogP contribution in [0.2, 0.25) is 0 Å². The third-order valence-corrected chi connectivity index (χ3v) is 6.16. The summed E-state index contributed by atoms with van der Waals surface area (Å²) >= 11 is 0. The maximum absolute atomic E-state index is 12.9. The molecule has 1 atom stereocenters. The zero-order valence-corrected chi connectivity index (χ0v) is 16.5. The number of nitrogens with zero attached hydrogens (tertiary/aromatic N) is 2. The van der Waals surface area contributed by atoms with Crippen molar-refractivity contribution in [2.45, 2.75) is 57.2 Å².